The molecule has 4 N–H and O–H groups in total. The monoisotopic (exact) mass is 491 g/mol. The lowest BCUT2D eigenvalue weighted by molar-refractivity contribution is -0.137. The van der Waals surface area contributed by atoms with E-state index in [1.807, 2.05) is 0 Å². The summed E-state index contributed by atoms with van der Waals surface area (Å²) in [6.07, 6.45) is -3.29. The van der Waals surface area contributed by atoms with Crippen LogP contribution in [0.1, 0.15) is 48.0 Å². The number of amides is 1. The van der Waals surface area contributed by atoms with E-state index in [9.17, 15) is 18.0 Å². The first-order chi connectivity index (χ1) is 16.4. The molecule has 0 aliphatic carbocycles. The fourth-order valence-electron chi connectivity index (χ4n) is 3.05. The van der Waals surface area contributed by atoms with Crippen LogP contribution < -0.4 is 16.0 Å². The van der Waals surface area contributed by atoms with E-state index >= 15 is 0 Å². The molecular weight excluding hydrogens is 467 g/mol. The van der Waals surface area contributed by atoms with Crippen molar-refractivity contribution < 1.29 is 32.7 Å². The lowest BCUT2D eigenvalue weighted by atomic mass is 10.1. The number of rotatable bonds is 7. The summed E-state index contributed by atoms with van der Waals surface area (Å²) in [5.74, 6) is -0.889. The predicted molar refractivity (Wildman–Crippen MR) is 120 cm³/mol. The number of ether oxygens (including phenoxy) is 1. The highest BCUT2D eigenvalue weighted by Gasteiger charge is 2.31. The number of halogens is 3. The van der Waals surface area contributed by atoms with Crippen molar-refractivity contribution in [1.29, 1.82) is 0 Å². The molecule has 0 atom stereocenters. The zero-order chi connectivity index (χ0) is 25.8. The van der Waals surface area contributed by atoms with E-state index in [1.54, 1.807) is 45.0 Å². The van der Waals surface area contributed by atoms with Gasteiger partial charge >= 0.3 is 6.18 Å². The minimum Gasteiger partial charge on any atom is -0.453 e. The van der Waals surface area contributed by atoms with E-state index in [0.29, 0.717) is 11.1 Å². The summed E-state index contributed by atoms with van der Waals surface area (Å²) in [5, 5.41) is 15.8. The Balaban J connectivity index is 1.77. The smallest absolute Gasteiger partial charge is 0.416 e. The van der Waals surface area contributed by atoms with Crippen molar-refractivity contribution in [2.24, 2.45) is 10.9 Å². The molecule has 2 aromatic carbocycles. The molecule has 3 aromatic rings. The van der Waals surface area contributed by atoms with Crippen molar-refractivity contribution in [2.45, 2.75) is 39.1 Å². The van der Waals surface area contributed by atoms with Gasteiger partial charge < -0.3 is 15.7 Å². The summed E-state index contributed by atoms with van der Waals surface area (Å²) >= 11 is 0. The molecule has 0 radical (unpaired) electrons. The molecule has 1 aromatic heterocycles. The van der Waals surface area contributed by atoms with Gasteiger partial charge in [0.05, 0.1) is 23.9 Å². The van der Waals surface area contributed by atoms with E-state index < -0.39 is 23.2 Å². The molecule has 0 saturated heterocycles. The topological polar surface area (TPSA) is 124 Å². The molecule has 0 aliphatic rings. The van der Waals surface area contributed by atoms with Crippen LogP contribution in [0.15, 0.2) is 59.9 Å². The van der Waals surface area contributed by atoms with Crippen LogP contribution in [0, 0.1) is 0 Å². The van der Waals surface area contributed by atoms with Crippen LogP contribution in [0.3, 0.4) is 0 Å². The van der Waals surface area contributed by atoms with Gasteiger partial charge in [0.25, 0.3) is 5.91 Å². The number of benzene rings is 2. The van der Waals surface area contributed by atoms with E-state index in [2.05, 4.69) is 15.7 Å². The molecule has 1 amide bonds. The molecular formula is C23H24F3N5O4. The number of nitrogens with zero attached hydrogens (tertiary/aromatic N) is 3. The molecule has 186 valence electrons. The molecule has 0 saturated carbocycles. The highest BCUT2D eigenvalue weighted by Crippen LogP contribution is 2.34. The Hall–Kier alpha value is -4.06. The first kappa shape index (κ1) is 25.6. The SMILES string of the molecule is CC(C)(C)n1ncc(Oc2cccc(C(F)(F)F)c2)c1C(=O)NOCc1ccc(C(N)=NO)cc1. The number of oxime groups is 1. The number of alkyl halides is 3. The quantitative estimate of drug-likeness (QED) is 0.195. The van der Waals surface area contributed by atoms with Gasteiger partial charge in [-0.2, -0.15) is 18.3 Å². The third-order valence-corrected chi connectivity index (χ3v) is 4.74. The third kappa shape index (κ3) is 6.29. The normalized spacial score (nSPS) is 12.5. The van der Waals surface area contributed by atoms with E-state index in [0.717, 1.165) is 12.1 Å². The zero-order valence-electron chi connectivity index (χ0n) is 19.1. The second kappa shape index (κ2) is 10.1. The number of aromatic nitrogens is 2. The zero-order valence-corrected chi connectivity index (χ0v) is 19.1. The maximum absolute atomic E-state index is 13.1. The van der Waals surface area contributed by atoms with Gasteiger partial charge in [-0.05, 0) is 44.5 Å². The second-order valence-electron chi connectivity index (χ2n) is 8.47. The molecule has 1 heterocycles. The van der Waals surface area contributed by atoms with E-state index in [-0.39, 0.29) is 29.6 Å². The Morgan fingerprint density at radius 1 is 1.17 bits per heavy atom. The first-order valence-electron chi connectivity index (χ1n) is 10.3. The van der Waals surface area contributed by atoms with Crippen molar-refractivity contribution in [3.63, 3.8) is 0 Å². The Kier molecular flexibility index (Phi) is 7.34. The van der Waals surface area contributed by atoms with Crippen LogP contribution in [0.5, 0.6) is 11.5 Å². The fourth-order valence-corrected chi connectivity index (χ4v) is 3.05. The molecule has 0 bridgehead atoms. The van der Waals surface area contributed by atoms with Gasteiger partial charge in [0.2, 0.25) is 0 Å². The summed E-state index contributed by atoms with van der Waals surface area (Å²) in [6.45, 7) is 5.40. The molecule has 3 rings (SSSR count). The molecule has 0 aliphatic heterocycles. The lowest BCUT2D eigenvalue weighted by Crippen LogP contribution is -2.32. The highest BCUT2D eigenvalue weighted by atomic mass is 19.4. The Morgan fingerprint density at radius 3 is 2.46 bits per heavy atom. The number of hydrogen-bond donors (Lipinski definition) is 3. The van der Waals surface area contributed by atoms with Gasteiger partial charge in [0.1, 0.15) is 5.75 Å². The van der Waals surface area contributed by atoms with Crippen molar-refractivity contribution in [3.05, 3.63) is 77.1 Å². The van der Waals surface area contributed by atoms with E-state index in [4.69, 9.17) is 20.5 Å². The lowest BCUT2D eigenvalue weighted by Gasteiger charge is -2.22. The van der Waals surface area contributed by atoms with Gasteiger partial charge in [-0.25, -0.2) is 5.48 Å². The third-order valence-electron chi connectivity index (χ3n) is 4.74. The van der Waals surface area contributed by atoms with Gasteiger partial charge in [-0.1, -0.05) is 35.5 Å². The van der Waals surface area contributed by atoms with Gasteiger partial charge in [-0.15, -0.1) is 0 Å². The largest absolute Gasteiger partial charge is 0.453 e. The molecule has 35 heavy (non-hydrogen) atoms. The molecule has 12 heteroatoms. The Bertz CT molecular complexity index is 1220. The fraction of sp³-hybridized carbons (Fsp3) is 0.261. The number of nitrogens with one attached hydrogen (secondary N) is 1. The van der Waals surface area contributed by atoms with Crippen molar-refractivity contribution in [1.82, 2.24) is 15.3 Å². The maximum Gasteiger partial charge on any atom is 0.416 e. The number of hydroxylamine groups is 1. The highest BCUT2D eigenvalue weighted by molar-refractivity contribution is 5.97. The van der Waals surface area contributed by atoms with Crippen LogP contribution >= 0.6 is 0 Å². The second-order valence-corrected chi connectivity index (χ2v) is 8.47. The maximum atomic E-state index is 13.1. The first-order valence-corrected chi connectivity index (χ1v) is 10.3. The summed E-state index contributed by atoms with van der Waals surface area (Å²) in [4.78, 5) is 18.3. The average molecular weight is 491 g/mol. The minimum atomic E-state index is -4.54. The Morgan fingerprint density at radius 2 is 1.86 bits per heavy atom. The average Bonchev–Trinajstić information content (AvgIpc) is 3.23. The molecule has 0 fully saturated rings. The Labute approximate surface area is 198 Å². The molecule has 0 spiro atoms. The number of amidine groups is 1. The van der Waals surface area contributed by atoms with Crippen molar-refractivity contribution in [2.75, 3.05) is 0 Å². The summed E-state index contributed by atoms with van der Waals surface area (Å²) in [6, 6.07) is 10.9. The van der Waals surface area contributed by atoms with Gasteiger partial charge in [0, 0.05) is 5.56 Å². The van der Waals surface area contributed by atoms with Crippen LogP contribution in [0.2, 0.25) is 0 Å². The summed E-state index contributed by atoms with van der Waals surface area (Å²) in [7, 11) is 0. The minimum absolute atomic E-state index is 0.00430. The van der Waals surface area contributed by atoms with Crippen LogP contribution in [0.25, 0.3) is 0 Å². The van der Waals surface area contributed by atoms with Gasteiger partial charge in [-0.3, -0.25) is 14.3 Å². The standard InChI is InChI=1S/C23H24F3N5O4/c1-22(2,3)31-19(18(12-28-31)35-17-6-4-5-16(11-17)23(24,25)26)21(32)30-34-13-14-7-9-15(10-8-14)20(27)29-33/h4-12,33H,13H2,1-3H3,(H2,27,29)(H,30,32). The molecule has 9 nitrogen and oxygen atoms in total. The number of hydrogen-bond acceptors (Lipinski definition) is 6. The van der Waals surface area contributed by atoms with Crippen LogP contribution in [0.4, 0.5) is 13.2 Å². The van der Waals surface area contributed by atoms with Crippen LogP contribution in [-0.2, 0) is 23.2 Å². The van der Waals surface area contributed by atoms with Gasteiger partial charge in [0.15, 0.2) is 17.3 Å². The molecule has 0 unspecified atom stereocenters. The summed E-state index contributed by atoms with van der Waals surface area (Å²) in [5.41, 5.74) is 7.46. The predicted octanol–water partition coefficient (Wildman–Crippen LogP) is 4.41. The number of carbonyl (C=O) groups is 1. The van der Waals surface area contributed by atoms with Crippen molar-refractivity contribution in [3.8, 4) is 11.5 Å². The van der Waals surface area contributed by atoms with Crippen molar-refractivity contribution >= 4 is 11.7 Å². The number of nitrogens with two attached hydrogens (primary N) is 1. The van der Waals surface area contributed by atoms with Crippen LogP contribution in [-0.4, -0.2) is 26.7 Å². The van der Waals surface area contributed by atoms with E-state index in [1.165, 1.54) is 23.0 Å². The number of carbonyl (C=O) groups excluding carboxylic acids is 1. The summed E-state index contributed by atoms with van der Waals surface area (Å²) < 4.78 is 46.2.